The number of hydrogen-bond acceptors (Lipinski definition) is 2. The average Bonchev–Trinajstić information content (AvgIpc) is 2.20. The zero-order valence-corrected chi connectivity index (χ0v) is 11.0. The molecule has 1 aromatic carbocycles. The maximum Gasteiger partial charge on any atom is 0.224 e. The van der Waals surface area contributed by atoms with Gasteiger partial charge in [-0.2, -0.15) is 0 Å². The van der Waals surface area contributed by atoms with Crippen LogP contribution in [0.3, 0.4) is 0 Å². The van der Waals surface area contributed by atoms with E-state index in [1.54, 1.807) is 0 Å². The lowest BCUT2D eigenvalue weighted by atomic mass is 10.0. The summed E-state index contributed by atoms with van der Waals surface area (Å²) in [5.74, 6) is -0.186. The Labute approximate surface area is 106 Å². The number of carbonyl (C=O) groups excluding carboxylic acids is 2. The van der Waals surface area contributed by atoms with Gasteiger partial charge in [-0.05, 0) is 43.5 Å². The van der Waals surface area contributed by atoms with Gasteiger partial charge in [0.25, 0.3) is 0 Å². The first-order chi connectivity index (χ1) is 7.90. The molecule has 0 aliphatic rings. The minimum atomic E-state index is -0.488. The van der Waals surface area contributed by atoms with Crippen LogP contribution in [0.15, 0.2) is 12.1 Å². The van der Waals surface area contributed by atoms with Crippen LogP contribution < -0.4 is 5.32 Å². The Bertz CT molecular complexity index is 432. The van der Waals surface area contributed by atoms with Crippen molar-refractivity contribution < 1.29 is 9.59 Å². The molecule has 0 unspecified atom stereocenters. The van der Waals surface area contributed by atoms with Crippen molar-refractivity contribution in [3.05, 3.63) is 28.8 Å². The molecular weight excluding hydrogens is 238 g/mol. The number of halogens is 1. The van der Waals surface area contributed by atoms with Gasteiger partial charge in [-0.15, -0.1) is 0 Å². The molecule has 0 spiro atoms. The van der Waals surface area contributed by atoms with Crippen molar-refractivity contribution in [2.75, 3.05) is 5.32 Å². The van der Waals surface area contributed by atoms with Crippen molar-refractivity contribution in [1.82, 2.24) is 0 Å². The van der Waals surface area contributed by atoms with E-state index in [0.717, 1.165) is 22.4 Å². The first-order valence-electron chi connectivity index (χ1n) is 5.46. The molecule has 0 radical (unpaired) electrons. The number of anilines is 1. The van der Waals surface area contributed by atoms with Gasteiger partial charge in [0.1, 0.15) is 0 Å². The van der Waals surface area contributed by atoms with Crippen LogP contribution in [0.4, 0.5) is 5.69 Å². The largest absolute Gasteiger partial charge is 0.326 e. The molecular formula is C13H16ClNO2. The molecule has 1 N–H and O–H groups in total. The molecule has 3 nitrogen and oxygen atoms in total. The number of benzene rings is 1. The van der Waals surface area contributed by atoms with Crippen LogP contribution in [-0.4, -0.2) is 11.1 Å². The van der Waals surface area contributed by atoms with Crippen LogP contribution in [0, 0.1) is 20.8 Å². The number of amides is 1. The summed E-state index contributed by atoms with van der Waals surface area (Å²) in [6, 6.07) is 4.02. The number of aryl methyl sites for hydroxylation is 3. The summed E-state index contributed by atoms with van der Waals surface area (Å²) >= 11 is 5.19. The third-order valence-corrected chi connectivity index (χ3v) is 2.68. The van der Waals surface area contributed by atoms with Crippen molar-refractivity contribution >= 4 is 28.4 Å². The van der Waals surface area contributed by atoms with Crippen molar-refractivity contribution in [3.8, 4) is 0 Å². The van der Waals surface area contributed by atoms with Crippen LogP contribution in [-0.2, 0) is 9.59 Å². The molecule has 0 atom stereocenters. The lowest BCUT2D eigenvalue weighted by Crippen LogP contribution is -2.14. The molecule has 0 aromatic heterocycles. The van der Waals surface area contributed by atoms with Gasteiger partial charge in [0.2, 0.25) is 11.1 Å². The van der Waals surface area contributed by atoms with Crippen molar-refractivity contribution in [1.29, 1.82) is 0 Å². The van der Waals surface area contributed by atoms with Gasteiger partial charge < -0.3 is 5.32 Å². The zero-order chi connectivity index (χ0) is 13.0. The van der Waals surface area contributed by atoms with E-state index in [1.165, 1.54) is 0 Å². The minimum Gasteiger partial charge on any atom is -0.326 e. The highest BCUT2D eigenvalue weighted by Crippen LogP contribution is 2.22. The predicted molar refractivity (Wildman–Crippen MR) is 69.4 cm³/mol. The van der Waals surface area contributed by atoms with Gasteiger partial charge in [-0.1, -0.05) is 17.7 Å². The highest BCUT2D eigenvalue weighted by Gasteiger charge is 2.09. The van der Waals surface area contributed by atoms with Gasteiger partial charge >= 0.3 is 0 Å². The Morgan fingerprint density at radius 2 is 1.65 bits per heavy atom. The molecule has 0 saturated heterocycles. The highest BCUT2D eigenvalue weighted by atomic mass is 35.5. The zero-order valence-electron chi connectivity index (χ0n) is 10.3. The average molecular weight is 254 g/mol. The second kappa shape index (κ2) is 5.82. The molecule has 0 heterocycles. The summed E-state index contributed by atoms with van der Waals surface area (Å²) in [7, 11) is 0. The third kappa shape index (κ3) is 4.19. The SMILES string of the molecule is Cc1cc(C)c(NC(=O)CCC(=O)Cl)c(C)c1. The molecule has 0 saturated carbocycles. The highest BCUT2D eigenvalue weighted by molar-refractivity contribution is 6.63. The van der Waals surface area contributed by atoms with Crippen molar-refractivity contribution in [3.63, 3.8) is 0 Å². The van der Waals surface area contributed by atoms with Gasteiger partial charge in [-0.3, -0.25) is 9.59 Å². The topological polar surface area (TPSA) is 46.2 Å². The summed E-state index contributed by atoms with van der Waals surface area (Å²) in [6.45, 7) is 5.91. The number of carbonyl (C=O) groups is 2. The predicted octanol–water partition coefficient (Wildman–Crippen LogP) is 3.10. The normalized spacial score (nSPS) is 10.1. The lowest BCUT2D eigenvalue weighted by molar-refractivity contribution is -0.119. The monoisotopic (exact) mass is 253 g/mol. The Morgan fingerprint density at radius 1 is 1.12 bits per heavy atom. The van der Waals surface area contributed by atoms with Crippen LogP contribution in [0.2, 0.25) is 0 Å². The second-order valence-electron chi connectivity index (χ2n) is 4.18. The number of nitrogens with one attached hydrogen (secondary N) is 1. The standard InChI is InChI=1S/C13H16ClNO2/c1-8-6-9(2)13(10(3)7-8)15-12(17)5-4-11(14)16/h6-7H,4-5H2,1-3H3,(H,15,17). The molecule has 92 valence electrons. The van der Waals surface area contributed by atoms with E-state index in [0.29, 0.717) is 0 Å². The molecule has 1 aromatic rings. The number of rotatable bonds is 4. The fourth-order valence-electron chi connectivity index (χ4n) is 1.79. The summed E-state index contributed by atoms with van der Waals surface area (Å²) in [5, 5.41) is 2.32. The first kappa shape index (κ1) is 13.7. The molecule has 0 aliphatic carbocycles. The molecule has 17 heavy (non-hydrogen) atoms. The summed E-state index contributed by atoms with van der Waals surface area (Å²) in [5.41, 5.74) is 4.03. The van der Waals surface area contributed by atoms with Crippen LogP contribution >= 0.6 is 11.6 Å². The van der Waals surface area contributed by atoms with Crippen LogP contribution in [0.25, 0.3) is 0 Å². The Hall–Kier alpha value is -1.35. The van der Waals surface area contributed by atoms with Crippen molar-refractivity contribution in [2.45, 2.75) is 33.6 Å². The maximum atomic E-state index is 11.6. The Kier molecular flexibility index (Phi) is 4.70. The maximum absolute atomic E-state index is 11.6. The van der Waals surface area contributed by atoms with Gasteiger partial charge in [0, 0.05) is 18.5 Å². The molecule has 0 fully saturated rings. The molecule has 0 aliphatic heterocycles. The van der Waals surface area contributed by atoms with E-state index in [4.69, 9.17) is 11.6 Å². The minimum absolute atomic E-state index is 0.0668. The summed E-state index contributed by atoms with van der Waals surface area (Å²) < 4.78 is 0. The lowest BCUT2D eigenvalue weighted by Gasteiger charge is -2.12. The van der Waals surface area contributed by atoms with Crippen molar-refractivity contribution in [2.24, 2.45) is 0 Å². The second-order valence-corrected chi connectivity index (χ2v) is 4.60. The quantitative estimate of drug-likeness (QED) is 0.838. The smallest absolute Gasteiger partial charge is 0.224 e. The summed E-state index contributed by atoms with van der Waals surface area (Å²) in [4.78, 5) is 22.1. The van der Waals surface area contributed by atoms with E-state index in [9.17, 15) is 9.59 Å². The Morgan fingerprint density at radius 3 is 2.12 bits per heavy atom. The van der Waals surface area contributed by atoms with Gasteiger partial charge in [0.05, 0.1) is 0 Å². The summed E-state index contributed by atoms with van der Waals surface area (Å²) in [6.07, 6.45) is 0.187. The fraction of sp³-hybridized carbons (Fsp3) is 0.385. The number of hydrogen-bond donors (Lipinski definition) is 1. The third-order valence-electron chi connectivity index (χ3n) is 2.49. The van der Waals surface area contributed by atoms with E-state index in [2.05, 4.69) is 5.32 Å². The molecule has 4 heteroatoms. The van der Waals surface area contributed by atoms with Gasteiger partial charge in [-0.25, -0.2) is 0 Å². The fourth-order valence-corrected chi connectivity index (χ4v) is 1.89. The van der Waals surface area contributed by atoms with Crippen LogP contribution in [0.5, 0.6) is 0 Å². The van der Waals surface area contributed by atoms with Gasteiger partial charge in [0.15, 0.2) is 0 Å². The van der Waals surface area contributed by atoms with E-state index in [-0.39, 0.29) is 18.7 Å². The van der Waals surface area contributed by atoms with E-state index in [1.807, 2.05) is 32.9 Å². The molecule has 0 bridgehead atoms. The first-order valence-corrected chi connectivity index (χ1v) is 5.84. The van der Waals surface area contributed by atoms with E-state index < -0.39 is 5.24 Å². The van der Waals surface area contributed by atoms with E-state index >= 15 is 0 Å². The van der Waals surface area contributed by atoms with Crippen LogP contribution in [0.1, 0.15) is 29.5 Å². The molecule has 1 rings (SSSR count). The molecule has 1 amide bonds. The Balaban J connectivity index is 2.75.